The summed E-state index contributed by atoms with van der Waals surface area (Å²) < 4.78 is 27.4. The highest BCUT2D eigenvalue weighted by Crippen LogP contribution is 2.25. The van der Waals surface area contributed by atoms with Crippen LogP contribution in [0.5, 0.6) is 0 Å². The minimum absolute atomic E-state index is 0.0541. The highest BCUT2D eigenvalue weighted by Gasteiger charge is 2.20. The van der Waals surface area contributed by atoms with E-state index in [4.69, 9.17) is 0 Å². The van der Waals surface area contributed by atoms with Crippen molar-refractivity contribution in [2.75, 3.05) is 11.9 Å². The maximum absolute atomic E-state index is 12.4. The van der Waals surface area contributed by atoms with Gasteiger partial charge in [0.15, 0.2) is 0 Å². The molecule has 0 aliphatic rings. The van der Waals surface area contributed by atoms with E-state index in [2.05, 4.69) is 10.0 Å². The summed E-state index contributed by atoms with van der Waals surface area (Å²) in [5, 5.41) is 12.7. The molecule has 146 valence electrons. The Kier molecular flexibility index (Phi) is 6.98. The smallest absolute Gasteiger partial charge is 0.337 e. The normalized spacial score (nSPS) is 12.7. The van der Waals surface area contributed by atoms with Gasteiger partial charge in [0.2, 0.25) is 10.0 Å². The van der Waals surface area contributed by atoms with Gasteiger partial charge in [-0.05, 0) is 43.0 Å². The van der Waals surface area contributed by atoms with Gasteiger partial charge >= 0.3 is 5.97 Å². The summed E-state index contributed by atoms with van der Waals surface area (Å²) in [4.78, 5) is 11.6. The Labute approximate surface area is 160 Å². The van der Waals surface area contributed by atoms with E-state index in [1.807, 2.05) is 51.1 Å². The van der Waals surface area contributed by atoms with Gasteiger partial charge in [0.05, 0.1) is 10.5 Å². The zero-order valence-corrected chi connectivity index (χ0v) is 16.6. The summed E-state index contributed by atoms with van der Waals surface area (Å²) in [6.07, 6.45) is 0.708. The van der Waals surface area contributed by atoms with Crippen molar-refractivity contribution in [2.24, 2.45) is 5.92 Å². The first-order valence-electron chi connectivity index (χ1n) is 8.89. The second kappa shape index (κ2) is 9.01. The molecule has 0 aliphatic carbocycles. The van der Waals surface area contributed by atoms with Gasteiger partial charge in [0.1, 0.15) is 0 Å². The van der Waals surface area contributed by atoms with Crippen LogP contribution in [0.1, 0.15) is 49.2 Å². The lowest BCUT2D eigenvalue weighted by atomic mass is 10.1. The summed E-state index contributed by atoms with van der Waals surface area (Å²) in [5.41, 5.74) is 1.30. The average Bonchev–Trinajstić information content (AvgIpc) is 2.62. The van der Waals surface area contributed by atoms with Crippen molar-refractivity contribution in [1.29, 1.82) is 0 Å². The minimum atomic E-state index is -3.75. The van der Waals surface area contributed by atoms with E-state index in [-0.39, 0.29) is 16.5 Å². The van der Waals surface area contributed by atoms with Crippen LogP contribution in [-0.4, -0.2) is 26.0 Å². The number of carboxylic acids is 1. The highest BCUT2D eigenvalue weighted by molar-refractivity contribution is 7.89. The number of carboxylic acid groups (broad SMARTS) is 1. The number of aromatic carboxylic acids is 1. The van der Waals surface area contributed by atoms with E-state index >= 15 is 0 Å². The third kappa shape index (κ3) is 5.80. The molecule has 1 atom stereocenters. The fraction of sp³-hybridized carbons (Fsp3) is 0.350. The second-order valence-electron chi connectivity index (χ2n) is 6.87. The minimum Gasteiger partial charge on any atom is -0.478 e. The lowest BCUT2D eigenvalue weighted by Gasteiger charge is -2.18. The molecule has 0 radical (unpaired) electrons. The van der Waals surface area contributed by atoms with Crippen molar-refractivity contribution in [3.63, 3.8) is 0 Å². The Balaban J connectivity index is 2.25. The van der Waals surface area contributed by atoms with Gasteiger partial charge in [0.25, 0.3) is 0 Å². The first-order valence-corrected chi connectivity index (χ1v) is 10.4. The topological polar surface area (TPSA) is 95.5 Å². The molecule has 2 rings (SSSR count). The van der Waals surface area contributed by atoms with Crippen molar-refractivity contribution >= 4 is 21.7 Å². The molecule has 0 fully saturated rings. The zero-order valence-electron chi connectivity index (χ0n) is 15.8. The average molecular weight is 391 g/mol. The summed E-state index contributed by atoms with van der Waals surface area (Å²) in [7, 11) is -3.75. The number of hydrogen-bond donors (Lipinski definition) is 3. The first-order chi connectivity index (χ1) is 12.7. The molecule has 0 spiro atoms. The van der Waals surface area contributed by atoms with Crippen LogP contribution in [0.2, 0.25) is 0 Å². The van der Waals surface area contributed by atoms with Crippen LogP contribution in [0.4, 0.5) is 5.69 Å². The van der Waals surface area contributed by atoms with Crippen LogP contribution in [0.3, 0.4) is 0 Å². The molecule has 6 nitrogen and oxygen atoms in total. The van der Waals surface area contributed by atoms with Crippen molar-refractivity contribution in [3.8, 4) is 0 Å². The molecule has 2 aromatic rings. The summed E-state index contributed by atoms with van der Waals surface area (Å²) in [6.45, 7) is 6.24. The monoisotopic (exact) mass is 390 g/mol. The Hall–Kier alpha value is -2.38. The SMILES string of the molecule is CC(C)CCNS(=O)(=O)c1ccc(N[C@@H](C)c2ccccc2)c(C(=O)O)c1. The summed E-state index contributed by atoms with van der Waals surface area (Å²) in [5.74, 6) is -0.815. The first kappa shape index (κ1) is 20.9. The number of benzene rings is 2. The van der Waals surface area contributed by atoms with E-state index < -0.39 is 16.0 Å². The fourth-order valence-corrected chi connectivity index (χ4v) is 3.69. The van der Waals surface area contributed by atoms with E-state index in [0.717, 1.165) is 5.56 Å². The van der Waals surface area contributed by atoms with Gasteiger partial charge in [0, 0.05) is 18.3 Å². The van der Waals surface area contributed by atoms with E-state index in [1.165, 1.54) is 18.2 Å². The molecular weight excluding hydrogens is 364 g/mol. The van der Waals surface area contributed by atoms with E-state index in [0.29, 0.717) is 24.6 Å². The molecule has 0 unspecified atom stereocenters. The maximum Gasteiger partial charge on any atom is 0.337 e. The van der Waals surface area contributed by atoms with Crippen LogP contribution in [0.25, 0.3) is 0 Å². The third-order valence-corrected chi connectivity index (χ3v) is 5.68. The molecule has 27 heavy (non-hydrogen) atoms. The van der Waals surface area contributed by atoms with Gasteiger partial charge in [-0.15, -0.1) is 0 Å². The lowest BCUT2D eigenvalue weighted by Crippen LogP contribution is -2.26. The molecule has 0 aromatic heterocycles. The lowest BCUT2D eigenvalue weighted by molar-refractivity contribution is 0.0697. The molecule has 0 bridgehead atoms. The van der Waals surface area contributed by atoms with Crippen LogP contribution in [-0.2, 0) is 10.0 Å². The fourth-order valence-electron chi connectivity index (χ4n) is 2.62. The van der Waals surface area contributed by atoms with Gasteiger partial charge in [-0.2, -0.15) is 0 Å². The van der Waals surface area contributed by atoms with E-state index in [9.17, 15) is 18.3 Å². The van der Waals surface area contributed by atoms with Crippen LogP contribution in [0, 0.1) is 5.92 Å². The molecule has 0 saturated heterocycles. The summed E-state index contributed by atoms with van der Waals surface area (Å²) >= 11 is 0. The number of sulfonamides is 1. The quantitative estimate of drug-likeness (QED) is 0.604. The molecule has 0 saturated carbocycles. The predicted octanol–water partition coefficient (Wildman–Crippen LogP) is 3.88. The van der Waals surface area contributed by atoms with Gasteiger partial charge in [-0.3, -0.25) is 0 Å². The number of hydrogen-bond acceptors (Lipinski definition) is 4. The molecule has 0 aliphatic heterocycles. The Bertz CT molecular complexity index is 880. The molecule has 7 heteroatoms. The Morgan fingerprint density at radius 1 is 1.07 bits per heavy atom. The second-order valence-corrected chi connectivity index (χ2v) is 8.64. The molecule has 3 N–H and O–H groups in total. The van der Waals surface area contributed by atoms with Crippen molar-refractivity contribution in [1.82, 2.24) is 4.72 Å². The number of anilines is 1. The molecule has 0 heterocycles. The number of rotatable bonds is 9. The van der Waals surface area contributed by atoms with E-state index in [1.54, 1.807) is 0 Å². The predicted molar refractivity (Wildman–Crippen MR) is 107 cm³/mol. The van der Waals surface area contributed by atoms with Crippen molar-refractivity contribution in [2.45, 2.75) is 38.1 Å². The molecule has 0 amide bonds. The molecule has 2 aromatic carbocycles. The number of carbonyl (C=O) groups is 1. The summed E-state index contributed by atoms with van der Waals surface area (Å²) in [6, 6.07) is 13.6. The van der Waals surface area contributed by atoms with Gasteiger partial charge in [-0.1, -0.05) is 44.2 Å². The maximum atomic E-state index is 12.4. The Morgan fingerprint density at radius 2 is 1.74 bits per heavy atom. The molecular formula is C20H26N2O4S. The standard InChI is InChI=1S/C20H26N2O4S/c1-14(2)11-12-21-27(25,26)17-9-10-19(18(13-17)20(23)24)22-15(3)16-7-5-4-6-8-16/h4-10,13-15,21-22H,11-12H2,1-3H3,(H,23,24)/t15-/m0/s1. The van der Waals surface area contributed by atoms with Crippen LogP contribution in [0.15, 0.2) is 53.4 Å². The van der Waals surface area contributed by atoms with Crippen molar-refractivity contribution in [3.05, 3.63) is 59.7 Å². The zero-order chi connectivity index (χ0) is 20.0. The third-order valence-electron chi connectivity index (χ3n) is 4.22. The van der Waals surface area contributed by atoms with Gasteiger partial charge in [-0.25, -0.2) is 17.9 Å². The van der Waals surface area contributed by atoms with Crippen LogP contribution < -0.4 is 10.0 Å². The largest absolute Gasteiger partial charge is 0.478 e. The van der Waals surface area contributed by atoms with Gasteiger partial charge < -0.3 is 10.4 Å². The number of nitrogens with one attached hydrogen (secondary N) is 2. The Morgan fingerprint density at radius 3 is 2.33 bits per heavy atom. The highest BCUT2D eigenvalue weighted by atomic mass is 32.2. The van der Waals surface area contributed by atoms with Crippen LogP contribution >= 0.6 is 0 Å². The van der Waals surface area contributed by atoms with Crippen molar-refractivity contribution < 1.29 is 18.3 Å².